The molecule has 0 aliphatic rings. The van der Waals surface area contributed by atoms with E-state index in [9.17, 15) is 14.3 Å². The van der Waals surface area contributed by atoms with Gasteiger partial charge in [-0.1, -0.05) is 170 Å². The van der Waals surface area contributed by atoms with E-state index in [-0.39, 0.29) is 26.2 Å². The van der Waals surface area contributed by atoms with Crippen LogP contribution in [0.15, 0.2) is 72.9 Å². The maximum absolute atomic E-state index is 12.6. The first-order valence-corrected chi connectivity index (χ1v) is 23.1. The van der Waals surface area contributed by atoms with E-state index in [2.05, 4.69) is 74.6 Å². The van der Waals surface area contributed by atoms with Gasteiger partial charge in [-0.15, -0.1) is 0 Å². The normalized spacial score (nSPS) is 14.5. The number of phosphoric acid groups is 1. The van der Waals surface area contributed by atoms with Gasteiger partial charge in [0.25, 0.3) is 7.82 Å². The molecule has 0 spiro atoms. The fraction of sp³-hybridized carbons (Fsp3) is 0.717. The molecule has 0 aromatic rings. The molecule has 318 valence electrons. The molecule has 2 unspecified atom stereocenters. The smallest absolute Gasteiger partial charge is 0.306 e. The highest BCUT2D eigenvalue weighted by Crippen LogP contribution is 2.38. The summed E-state index contributed by atoms with van der Waals surface area (Å²) in [6.45, 7) is 5.19. The molecule has 2 atom stereocenters. The van der Waals surface area contributed by atoms with Crippen molar-refractivity contribution in [3.05, 3.63) is 72.9 Å². The lowest BCUT2D eigenvalue weighted by atomic mass is 10.0. The van der Waals surface area contributed by atoms with E-state index in [1.807, 2.05) is 33.3 Å². The minimum atomic E-state index is -4.55. The Morgan fingerprint density at radius 3 is 1.47 bits per heavy atom. The summed E-state index contributed by atoms with van der Waals surface area (Å²) in [6.07, 6.45) is 49.3. The first-order chi connectivity index (χ1) is 26.6. The largest absolute Gasteiger partial charge is 0.756 e. The van der Waals surface area contributed by atoms with Crippen molar-refractivity contribution in [1.29, 1.82) is 0 Å². The third-order valence-electron chi connectivity index (χ3n) is 8.79. The summed E-state index contributed by atoms with van der Waals surface area (Å²) in [4.78, 5) is 25.0. The predicted molar refractivity (Wildman–Crippen MR) is 231 cm³/mol. The number of quaternary nitrogens is 1. The van der Waals surface area contributed by atoms with Crippen molar-refractivity contribution in [2.75, 3.05) is 54.1 Å². The van der Waals surface area contributed by atoms with E-state index in [0.29, 0.717) is 24.1 Å². The predicted octanol–water partition coefficient (Wildman–Crippen LogP) is 12.1. The number of nitrogens with zero attached hydrogens (tertiary/aromatic N) is 1. The Labute approximate surface area is 338 Å². The minimum Gasteiger partial charge on any atom is -0.756 e. The topological polar surface area (TPSA) is 94.1 Å². The minimum absolute atomic E-state index is 0.0102. The number of hydrogen-bond acceptors (Lipinski definition) is 7. The number of unbranched alkanes of at least 4 members (excludes halogenated alkanes) is 13. The molecule has 0 saturated heterocycles. The summed E-state index contributed by atoms with van der Waals surface area (Å²) < 4.78 is 34.5. The van der Waals surface area contributed by atoms with E-state index < -0.39 is 19.9 Å². The van der Waals surface area contributed by atoms with Crippen molar-refractivity contribution in [2.24, 2.45) is 0 Å². The van der Waals surface area contributed by atoms with Gasteiger partial charge >= 0.3 is 5.97 Å². The lowest BCUT2D eigenvalue weighted by molar-refractivity contribution is -0.870. The van der Waals surface area contributed by atoms with Gasteiger partial charge in [-0.3, -0.25) is 9.36 Å². The van der Waals surface area contributed by atoms with Crippen molar-refractivity contribution in [3.8, 4) is 0 Å². The van der Waals surface area contributed by atoms with E-state index in [4.69, 9.17) is 18.5 Å². The van der Waals surface area contributed by atoms with Crippen molar-refractivity contribution in [2.45, 2.75) is 161 Å². The van der Waals surface area contributed by atoms with Gasteiger partial charge < -0.3 is 27.9 Å². The Kier molecular flexibility index (Phi) is 37.3. The van der Waals surface area contributed by atoms with Crippen LogP contribution in [-0.2, 0) is 27.9 Å². The van der Waals surface area contributed by atoms with Gasteiger partial charge in [0, 0.05) is 13.0 Å². The van der Waals surface area contributed by atoms with Crippen LogP contribution in [0.5, 0.6) is 0 Å². The number of carbonyl (C=O) groups excluding carboxylic acids is 1. The molecule has 0 amide bonds. The maximum atomic E-state index is 12.6. The molecule has 0 radical (unpaired) electrons. The number of allylic oxidation sites excluding steroid dienone is 12. The molecule has 8 nitrogen and oxygen atoms in total. The van der Waals surface area contributed by atoms with Crippen LogP contribution in [0.3, 0.4) is 0 Å². The molecule has 0 aliphatic heterocycles. The van der Waals surface area contributed by atoms with Crippen LogP contribution in [-0.4, -0.2) is 70.7 Å². The van der Waals surface area contributed by atoms with Crippen LogP contribution in [0.1, 0.15) is 155 Å². The molecular weight excluding hydrogens is 709 g/mol. The van der Waals surface area contributed by atoms with E-state index >= 15 is 0 Å². The van der Waals surface area contributed by atoms with Gasteiger partial charge in [0.2, 0.25) is 0 Å². The third-order valence-corrected chi connectivity index (χ3v) is 9.75. The molecule has 0 heterocycles. The van der Waals surface area contributed by atoms with Crippen molar-refractivity contribution >= 4 is 13.8 Å². The zero-order valence-corrected chi connectivity index (χ0v) is 36.7. The Bertz CT molecular complexity index is 1110. The molecule has 9 heteroatoms. The summed E-state index contributed by atoms with van der Waals surface area (Å²) in [5.74, 6) is -0.417. The van der Waals surface area contributed by atoms with Gasteiger partial charge in [0.1, 0.15) is 19.3 Å². The zero-order chi connectivity index (χ0) is 40.6. The summed E-state index contributed by atoms with van der Waals surface area (Å²) in [5.41, 5.74) is 0. The summed E-state index contributed by atoms with van der Waals surface area (Å²) >= 11 is 0. The lowest BCUT2D eigenvalue weighted by Gasteiger charge is -2.28. The molecule has 0 bridgehead atoms. The molecule has 0 rings (SSSR count). The van der Waals surface area contributed by atoms with Gasteiger partial charge in [-0.25, -0.2) is 0 Å². The summed E-state index contributed by atoms with van der Waals surface area (Å²) in [5, 5.41) is 0. The summed E-state index contributed by atoms with van der Waals surface area (Å²) in [7, 11) is 1.30. The fourth-order valence-corrected chi connectivity index (χ4v) is 6.18. The van der Waals surface area contributed by atoms with Crippen LogP contribution >= 0.6 is 7.82 Å². The second-order valence-corrected chi connectivity index (χ2v) is 16.7. The number of carbonyl (C=O) groups is 1. The number of ether oxygens (including phenoxy) is 2. The van der Waals surface area contributed by atoms with E-state index in [0.717, 1.165) is 51.4 Å². The highest BCUT2D eigenvalue weighted by atomic mass is 31.2. The number of likely N-dealkylation sites (N-methyl/N-ethyl adjacent to an activating group) is 1. The molecule has 0 aromatic heterocycles. The number of esters is 1. The maximum Gasteiger partial charge on any atom is 0.306 e. The molecular formula is C46H82NO7P. The van der Waals surface area contributed by atoms with Crippen LogP contribution in [0, 0.1) is 0 Å². The fourth-order valence-electron chi connectivity index (χ4n) is 5.45. The SMILES string of the molecule is CC/C=C/C/C=C/C/C=C/C/C=C/C/C=C/C/C=C/CCC(=O)OC(COCCCCCCCCCCCCCCCC)COP(=O)([O-])OCC[N+](C)(C)C. The number of rotatable bonds is 39. The third kappa shape index (κ3) is 42.9. The van der Waals surface area contributed by atoms with Crippen LogP contribution < -0.4 is 4.89 Å². The van der Waals surface area contributed by atoms with Crippen molar-refractivity contribution < 1.29 is 37.3 Å². The standard InChI is InChI=1S/C46H82NO7P/c1-6-8-10-12-14-16-18-20-22-23-24-25-26-27-29-31-33-35-37-39-46(48)54-45(44-53-55(49,50)52-42-40-47(3,4)5)43-51-41-38-36-34-32-30-28-21-19-17-15-13-11-9-7-2/h8,10,14,16,20,22,24-25,27,29,33,35,45H,6-7,9,11-13,15,17-19,21,23,26,28,30-32,34,36-44H2,1-5H3/b10-8+,16-14+,22-20+,25-24+,29-27+,35-33+. The average Bonchev–Trinajstić information content (AvgIpc) is 3.13. The quantitative estimate of drug-likeness (QED) is 0.0201. The Morgan fingerprint density at radius 1 is 0.582 bits per heavy atom. The Hall–Kier alpha value is -2.06. The summed E-state index contributed by atoms with van der Waals surface area (Å²) in [6, 6.07) is 0. The van der Waals surface area contributed by atoms with Crippen molar-refractivity contribution in [3.63, 3.8) is 0 Å². The molecule has 0 N–H and O–H groups in total. The van der Waals surface area contributed by atoms with E-state index in [1.165, 1.54) is 77.0 Å². The molecule has 0 saturated carbocycles. The van der Waals surface area contributed by atoms with Gasteiger partial charge in [0.15, 0.2) is 0 Å². The van der Waals surface area contributed by atoms with Crippen molar-refractivity contribution in [1.82, 2.24) is 0 Å². The zero-order valence-electron chi connectivity index (χ0n) is 35.8. The number of hydrogen-bond donors (Lipinski definition) is 0. The average molecular weight is 792 g/mol. The molecule has 0 fully saturated rings. The molecule has 0 aliphatic carbocycles. The molecule has 55 heavy (non-hydrogen) atoms. The monoisotopic (exact) mass is 792 g/mol. The van der Waals surface area contributed by atoms with E-state index in [1.54, 1.807) is 0 Å². The number of phosphoric ester groups is 1. The Morgan fingerprint density at radius 2 is 1.02 bits per heavy atom. The Balaban J connectivity index is 4.39. The second kappa shape index (κ2) is 38.8. The lowest BCUT2D eigenvalue weighted by Crippen LogP contribution is -2.37. The molecule has 0 aromatic carbocycles. The highest BCUT2D eigenvalue weighted by Gasteiger charge is 2.20. The van der Waals surface area contributed by atoms with Crippen LogP contribution in [0.2, 0.25) is 0 Å². The first kappa shape index (κ1) is 52.9. The van der Waals surface area contributed by atoms with Crippen LogP contribution in [0.25, 0.3) is 0 Å². The highest BCUT2D eigenvalue weighted by molar-refractivity contribution is 7.45. The second-order valence-electron chi connectivity index (χ2n) is 15.3. The van der Waals surface area contributed by atoms with Gasteiger partial charge in [-0.05, 0) is 51.4 Å². The van der Waals surface area contributed by atoms with Gasteiger partial charge in [0.05, 0.1) is 34.4 Å². The van der Waals surface area contributed by atoms with Crippen LogP contribution in [0.4, 0.5) is 0 Å². The first-order valence-electron chi connectivity index (χ1n) is 21.7. The van der Waals surface area contributed by atoms with Gasteiger partial charge in [-0.2, -0.15) is 0 Å².